The van der Waals surface area contributed by atoms with Crippen LogP contribution in [0, 0.1) is 11.3 Å². The Morgan fingerprint density at radius 2 is 2.43 bits per heavy atom. The summed E-state index contributed by atoms with van der Waals surface area (Å²) >= 11 is 1.87. The third-order valence-corrected chi connectivity index (χ3v) is 4.98. The fourth-order valence-electron chi connectivity index (χ4n) is 2.66. The molecule has 2 aromatic rings. The molecule has 0 saturated carbocycles. The highest BCUT2D eigenvalue weighted by Gasteiger charge is 2.21. The van der Waals surface area contributed by atoms with E-state index in [1.807, 2.05) is 11.3 Å². The van der Waals surface area contributed by atoms with Crippen LogP contribution in [0.15, 0.2) is 29.8 Å². The summed E-state index contributed by atoms with van der Waals surface area (Å²) in [7, 11) is 0. The van der Waals surface area contributed by atoms with E-state index in [2.05, 4.69) is 39.6 Å². The van der Waals surface area contributed by atoms with Crippen LogP contribution in [0.25, 0.3) is 0 Å². The molecule has 0 fully saturated rings. The van der Waals surface area contributed by atoms with Crippen molar-refractivity contribution in [3.05, 3.63) is 45.8 Å². The van der Waals surface area contributed by atoms with Crippen molar-refractivity contribution in [2.24, 2.45) is 0 Å². The van der Waals surface area contributed by atoms with Crippen molar-refractivity contribution in [1.29, 1.82) is 5.26 Å². The van der Waals surface area contributed by atoms with Gasteiger partial charge in [0.25, 0.3) is 0 Å². The molecule has 0 aromatic carbocycles. The van der Waals surface area contributed by atoms with Crippen molar-refractivity contribution in [3.8, 4) is 6.07 Å². The molecule has 0 radical (unpaired) electrons. The summed E-state index contributed by atoms with van der Waals surface area (Å²) in [4.78, 5) is 8.26. The second-order valence-corrected chi connectivity index (χ2v) is 6.33. The van der Waals surface area contributed by atoms with Gasteiger partial charge in [0.05, 0.1) is 5.56 Å². The zero-order chi connectivity index (χ0) is 14.7. The van der Waals surface area contributed by atoms with Crippen LogP contribution < -0.4 is 5.32 Å². The smallest absolute Gasteiger partial charge is 0.143 e. The summed E-state index contributed by atoms with van der Waals surface area (Å²) in [5.74, 6) is 0.681. The van der Waals surface area contributed by atoms with E-state index in [9.17, 15) is 0 Å². The molecule has 0 amide bonds. The molecule has 4 nitrogen and oxygen atoms in total. The van der Waals surface area contributed by atoms with Gasteiger partial charge >= 0.3 is 0 Å². The maximum absolute atomic E-state index is 9.08. The van der Waals surface area contributed by atoms with E-state index in [1.54, 1.807) is 18.3 Å². The number of thiophene rings is 1. The van der Waals surface area contributed by atoms with Crippen LogP contribution in [-0.4, -0.2) is 29.0 Å². The zero-order valence-electron chi connectivity index (χ0n) is 12.0. The summed E-state index contributed by atoms with van der Waals surface area (Å²) in [6.07, 6.45) is 2.86. The van der Waals surface area contributed by atoms with Crippen LogP contribution in [0.4, 0.5) is 5.82 Å². The molecule has 0 bridgehead atoms. The van der Waals surface area contributed by atoms with Gasteiger partial charge < -0.3 is 5.32 Å². The molecule has 3 heterocycles. The second-order valence-electron chi connectivity index (χ2n) is 5.33. The van der Waals surface area contributed by atoms with Gasteiger partial charge in [0.15, 0.2) is 0 Å². The molecule has 2 aromatic heterocycles. The third kappa shape index (κ3) is 3.07. The standard InChI is InChI=1S/C16H18N4S/c1-12(10-19-16-13(9-17)3-2-6-18-16)20-7-4-15-14(11-20)5-8-21-15/h2-3,5-6,8,12H,4,7,10-11H2,1H3,(H,18,19). The number of fused-ring (bicyclic) bond motifs is 1. The number of nitrogens with one attached hydrogen (secondary N) is 1. The minimum atomic E-state index is 0.409. The van der Waals surface area contributed by atoms with Crippen LogP contribution >= 0.6 is 11.3 Å². The lowest BCUT2D eigenvalue weighted by molar-refractivity contribution is 0.200. The van der Waals surface area contributed by atoms with E-state index in [0.717, 1.165) is 26.1 Å². The Morgan fingerprint density at radius 3 is 3.29 bits per heavy atom. The molecule has 1 unspecified atom stereocenters. The van der Waals surface area contributed by atoms with Crippen molar-refractivity contribution in [1.82, 2.24) is 9.88 Å². The highest BCUT2D eigenvalue weighted by Crippen LogP contribution is 2.25. The normalized spacial score (nSPS) is 16.0. The lowest BCUT2D eigenvalue weighted by Crippen LogP contribution is -2.40. The molecule has 5 heteroatoms. The first kappa shape index (κ1) is 14.1. The summed E-state index contributed by atoms with van der Waals surface area (Å²) in [5, 5.41) is 14.6. The van der Waals surface area contributed by atoms with Gasteiger partial charge in [0.2, 0.25) is 0 Å². The monoisotopic (exact) mass is 298 g/mol. The molecule has 1 N–H and O–H groups in total. The Hall–Kier alpha value is -1.90. The average Bonchev–Trinajstić information content (AvgIpc) is 3.00. The molecule has 3 rings (SSSR count). The predicted octanol–water partition coefficient (Wildman–Crippen LogP) is 2.87. The van der Waals surface area contributed by atoms with E-state index in [0.29, 0.717) is 17.4 Å². The van der Waals surface area contributed by atoms with Crippen LogP contribution in [0.1, 0.15) is 22.9 Å². The van der Waals surface area contributed by atoms with Crippen LogP contribution in [0.3, 0.4) is 0 Å². The summed E-state index contributed by atoms with van der Waals surface area (Å²) in [6, 6.07) is 8.39. The Morgan fingerprint density at radius 1 is 1.52 bits per heavy atom. The largest absolute Gasteiger partial charge is 0.367 e. The molecule has 1 aliphatic rings. The molecular weight excluding hydrogens is 280 g/mol. The van der Waals surface area contributed by atoms with Gasteiger partial charge in [-0.15, -0.1) is 11.3 Å². The molecular formula is C16H18N4S. The number of hydrogen-bond acceptors (Lipinski definition) is 5. The van der Waals surface area contributed by atoms with Crippen molar-refractivity contribution >= 4 is 17.2 Å². The number of nitriles is 1. The molecule has 0 aliphatic carbocycles. The highest BCUT2D eigenvalue weighted by molar-refractivity contribution is 7.10. The van der Waals surface area contributed by atoms with Crippen molar-refractivity contribution in [2.45, 2.75) is 25.9 Å². The lowest BCUT2D eigenvalue weighted by atomic mass is 10.1. The Balaban J connectivity index is 1.60. The summed E-state index contributed by atoms with van der Waals surface area (Å²) in [5.41, 5.74) is 2.07. The van der Waals surface area contributed by atoms with Crippen LogP contribution in [0.5, 0.6) is 0 Å². The van der Waals surface area contributed by atoms with Gasteiger partial charge in [-0.3, -0.25) is 4.90 Å². The second kappa shape index (κ2) is 6.25. The summed E-state index contributed by atoms with van der Waals surface area (Å²) in [6.45, 7) is 5.14. The minimum Gasteiger partial charge on any atom is -0.367 e. The van der Waals surface area contributed by atoms with Crippen molar-refractivity contribution in [2.75, 3.05) is 18.4 Å². The number of pyridine rings is 1. The Labute approximate surface area is 129 Å². The van der Waals surface area contributed by atoms with E-state index >= 15 is 0 Å². The van der Waals surface area contributed by atoms with Crippen LogP contribution in [0.2, 0.25) is 0 Å². The fraction of sp³-hybridized carbons (Fsp3) is 0.375. The molecule has 21 heavy (non-hydrogen) atoms. The fourth-order valence-corrected chi connectivity index (χ4v) is 3.55. The molecule has 108 valence electrons. The Bertz CT molecular complexity index is 658. The first-order valence-corrected chi connectivity index (χ1v) is 8.04. The maximum atomic E-state index is 9.08. The quantitative estimate of drug-likeness (QED) is 0.943. The van der Waals surface area contributed by atoms with Gasteiger partial charge in [-0.25, -0.2) is 4.98 Å². The van der Waals surface area contributed by atoms with E-state index in [1.165, 1.54) is 10.4 Å². The lowest BCUT2D eigenvalue weighted by Gasteiger charge is -2.32. The topological polar surface area (TPSA) is 52.0 Å². The van der Waals surface area contributed by atoms with Gasteiger partial charge in [-0.2, -0.15) is 5.26 Å². The minimum absolute atomic E-state index is 0.409. The SMILES string of the molecule is CC(CNc1ncccc1C#N)N1CCc2sccc2C1. The zero-order valence-corrected chi connectivity index (χ0v) is 12.9. The first-order valence-electron chi connectivity index (χ1n) is 7.16. The molecule has 1 aliphatic heterocycles. The van der Waals surface area contributed by atoms with Crippen molar-refractivity contribution < 1.29 is 0 Å². The highest BCUT2D eigenvalue weighted by atomic mass is 32.1. The first-order chi connectivity index (χ1) is 10.3. The number of anilines is 1. The number of rotatable bonds is 4. The molecule has 0 spiro atoms. The average molecular weight is 298 g/mol. The van der Waals surface area contributed by atoms with Gasteiger partial charge in [0.1, 0.15) is 11.9 Å². The molecule has 0 saturated heterocycles. The van der Waals surface area contributed by atoms with Gasteiger partial charge in [-0.1, -0.05) is 0 Å². The van der Waals surface area contributed by atoms with Gasteiger partial charge in [0, 0.05) is 36.8 Å². The molecule has 1 atom stereocenters. The Kier molecular flexibility index (Phi) is 4.18. The van der Waals surface area contributed by atoms with E-state index in [4.69, 9.17) is 5.26 Å². The number of hydrogen-bond donors (Lipinski definition) is 1. The third-order valence-electron chi connectivity index (χ3n) is 3.95. The van der Waals surface area contributed by atoms with E-state index < -0.39 is 0 Å². The predicted molar refractivity (Wildman–Crippen MR) is 85.3 cm³/mol. The van der Waals surface area contributed by atoms with Crippen molar-refractivity contribution in [3.63, 3.8) is 0 Å². The number of nitrogens with zero attached hydrogens (tertiary/aromatic N) is 3. The number of aromatic nitrogens is 1. The van der Waals surface area contributed by atoms with Gasteiger partial charge in [-0.05, 0) is 42.5 Å². The summed E-state index contributed by atoms with van der Waals surface area (Å²) < 4.78 is 0. The van der Waals surface area contributed by atoms with E-state index in [-0.39, 0.29) is 0 Å². The maximum Gasteiger partial charge on any atom is 0.143 e. The van der Waals surface area contributed by atoms with Crippen LogP contribution in [-0.2, 0) is 13.0 Å².